The van der Waals surface area contributed by atoms with E-state index in [0.29, 0.717) is 5.91 Å². The number of benzene rings is 2. The number of likely N-dealkylation sites (tertiary alicyclic amines) is 1. The van der Waals surface area contributed by atoms with Gasteiger partial charge in [-0.15, -0.1) is 0 Å². The number of hydrogen-bond donors (Lipinski definition) is 0. The molecule has 0 bridgehead atoms. The van der Waals surface area contributed by atoms with Crippen molar-refractivity contribution in [3.05, 3.63) is 60.2 Å². The average Bonchev–Trinajstić information content (AvgIpc) is 3.28. The second-order valence-corrected chi connectivity index (χ2v) is 8.01. The van der Waals surface area contributed by atoms with Gasteiger partial charge in [0.05, 0.1) is 12.0 Å². The van der Waals surface area contributed by atoms with Crippen molar-refractivity contribution in [2.45, 2.75) is 25.3 Å². The Morgan fingerprint density at radius 2 is 1.59 bits per heavy atom. The smallest absolute Gasteiger partial charge is 0.228 e. The Morgan fingerprint density at radius 3 is 2.41 bits per heavy atom. The summed E-state index contributed by atoms with van der Waals surface area (Å²) in [4.78, 5) is 20.5. The van der Waals surface area contributed by atoms with Crippen molar-refractivity contribution in [1.82, 2.24) is 4.90 Å². The molecule has 0 aliphatic carbocycles. The maximum absolute atomic E-state index is 13.4. The quantitative estimate of drug-likeness (QED) is 0.822. The number of carbonyl (C=O) groups is 1. The fourth-order valence-electron chi connectivity index (χ4n) is 5.09. The summed E-state index contributed by atoms with van der Waals surface area (Å²) in [5.41, 5.74) is 3.93. The first-order valence-electron chi connectivity index (χ1n) is 10.2. The molecule has 2 saturated heterocycles. The Hall–Kier alpha value is -2.49. The zero-order chi connectivity index (χ0) is 18.2. The number of hydrogen-bond acceptors (Lipinski definition) is 3. The molecule has 1 amide bonds. The standard InChI is InChI=1S/C23H27N3O/c27-23(24-12-6-7-13-24)20-16-18-8-4-5-11-21(18)26-15-14-25(17-22(20)26)19-9-2-1-3-10-19/h1-5,8-11,20,22H,6-7,12-17H2. The van der Waals surface area contributed by atoms with Crippen LogP contribution in [0.2, 0.25) is 0 Å². The minimum Gasteiger partial charge on any atom is -0.368 e. The summed E-state index contributed by atoms with van der Waals surface area (Å²) < 4.78 is 0. The van der Waals surface area contributed by atoms with Crippen LogP contribution in [0.15, 0.2) is 54.6 Å². The van der Waals surface area contributed by atoms with Crippen LogP contribution in [0.4, 0.5) is 11.4 Å². The summed E-state index contributed by atoms with van der Waals surface area (Å²) in [5, 5.41) is 0. The molecular weight excluding hydrogens is 334 g/mol. The molecule has 2 atom stereocenters. The van der Waals surface area contributed by atoms with E-state index < -0.39 is 0 Å². The first-order chi connectivity index (χ1) is 13.3. The van der Waals surface area contributed by atoms with Gasteiger partial charge in [0.2, 0.25) is 5.91 Å². The third kappa shape index (κ3) is 2.97. The Kier molecular flexibility index (Phi) is 4.27. The van der Waals surface area contributed by atoms with E-state index >= 15 is 0 Å². The van der Waals surface area contributed by atoms with Gasteiger partial charge in [-0.25, -0.2) is 0 Å². The molecule has 3 aliphatic rings. The molecule has 3 heterocycles. The zero-order valence-corrected chi connectivity index (χ0v) is 15.8. The largest absolute Gasteiger partial charge is 0.368 e. The fourth-order valence-corrected chi connectivity index (χ4v) is 5.09. The van der Waals surface area contributed by atoms with Crippen molar-refractivity contribution in [2.75, 3.05) is 42.5 Å². The van der Waals surface area contributed by atoms with Crippen LogP contribution in [-0.2, 0) is 11.2 Å². The molecule has 4 heteroatoms. The van der Waals surface area contributed by atoms with E-state index in [-0.39, 0.29) is 12.0 Å². The lowest BCUT2D eigenvalue weighted by Crippen LogP contribution is -2.61. The van der Waals surface area contributed by atoms with Crippen LogP contribution >= 0.6 is 0 Å². The molecule has 0 N–H and O–H groups in total. The zero-order valence-electron chi connectivity index (χ0n) is 15.8. The highest BCUT2D eigenvalue weighted by Crippen LogP contribution is 2.37. The number of carbonyl (C=O) groups excluding carboxylic acids is 1. The molecule has 2 unspecified atom stereocenters. The van der Waals surface area contributed by atoms with Crippen LogP contribution in [0.25, 0.3) is 0 Å². The maximum atomic E-state index is 13.4. The fraction of sp³-hybridized carbons (Fsp3) is 0.435. The summed E-state index contributed by atoms with van der Waals surface area (Å²) in [6.45, 7) is 4.76. The van der Waals surface area contributed by atoms with Gasteiger partial charge < -0.3 is 14.7 Å². The molecule has 2 fully saturated rings. The van der Waals surface area contributed by atoms with Crippen LogP contribution in [0.1, 0.15) is 18.4 Å². The maximum Gasteiger partial charge on any atom is 0.228 e. The molecule has 2 aromatic carbocycles. The molecular formula is C23H27N3O. The first-order valence-corrected chi connectivity index (χ1v) is 10.2. The number of anilines is 2. The van der Waals surface area contributed by atoms with Gasteiger partial charge >= 0.3 is 0 Å². The lowest BCUT2D eigenvalue weighted by molar-refractivity contribution is -0.135. The third-order valence-corrected chi connectivity index (χ3v) is 6.48. The van der Waals surface area contributed by atoms with Gasteiger partial charge in [0.25, 0.3) is 0 Å². The SMILES string of the molecule is O=C(C1Cc2ccccc2N2CCN(c3ccccc3)CC12)N1CCCC1. The lowest BCUT2D eigenvalue weighted by atomic mass is 9.83. The van der Waals surface area contributed by atoms with Crippen LogP contribution in [0, 0.1) is 5.92 Å². The van der Waals surface area contributed by atoms with Crippen LogP contribution in [0.5, 0.6) is 0 Å². The third-order valence-electron chi connectivity index (χ3n) is 6.48. The van der Waals surface area contributed by atoms with E-state index in [1.54, 1.807) is 0 Å². The van der Waals surface area contributed by atoms with Crippen LogP contribution < -0.4 is 9.80 Å². The van der Waals surface area contributed by atoms with Gasteiger partial charge in [-0.3, -0.25) is 4.79 Å². The van der Waals surface area contributed by atoms with Crippen molar-refractivity contribution in [2.24, 2.45) is 5.92 Å². The average molecular weight is 361 g/mol. The number of amides is 1. The minimum absolute atomic E-state index is 0.0597. The Bertz CT molecular complexity index is 815. The predicted molar refractivity (Wildman–Crippen MR) is 109 cm³/mol. The van der Waals surface area contributed by atoms with Gasteiger partial charge in [-0.1, -0.05) is 36.4 Å². The highest BCUT2D eigenvalue weighted by molar-refractivity contribution is 5.82. The Balaban J connectivity index is 1.47. The van der Waals surface area contributed by atoms with Crippen LogP contribution in [0.3, 0.4) is 0 Å². The molecule has 0 spiro atoms. The normalized spacial score (nSPS) is 24.5. The molecule has 0 radical (unpaired) electrons. The van der Waals surface area contributed by atoms with Gasteiger partial charge in [-0.2, -0.15) is 0 Å². The molecule has 3 aliphatic heterocycles. The summed E-state index contributed by atoms with van der Waals surface area (Å²) in [7, 11) is 0. The number of piperazine rings is 1. The van der Waals surface area contributed by atoms with Crippen molar-refractivity contribution in [3.8, 4) is 0 Å². The monoisotopic (exact) mass is 361 g/mol. The molecule has 2 aromatic rings. The van der Waals surface area contributed by atoms with Crippen molar-refractivity contribution < 1.29 is 4.79 Å². The van der Waals surface area contributed by atoms with E-state index in [0.717, 1.165) is 52.0 Å². The summed E-state index contributed by atoms with van der Waals surface area (Å²) in [5.74, 6) is 0.427. The summed E-state index contributed by atoms with van der Waals surface area (Å²) in [6, 6.07) is 19.6. The molecule has 0 saturated carbocycles. The van der Waals surface area contributed by atoms with Gasteiger partial charge in [-0.05, 0) is 43.0 Å². The second-order valence-electron chi connectivity index (χ2n) is 8.01. The Labute approximate surface area is 161 Å². The van der Waals surface area contributed by atoms with E-state index in [4.69, 9.17) is 0 Å². The number of para-hydroxylation sites is 2. The van der Waals surface area contributed by atoms with Crippen molar-refractivity contribution in [3.63, 3.8) is 0 Å². The molecule has 5 rings (SSSR count). The van der Waals surface area contributed by atoms with E-state index in [1.807, 2.05) is 0 Å². The number of fused-ring (bicyclic) bond motifs is 3. The molecule has 140 valence electrons. The molecule has 27 heavy (non-hydrogen) atoms. The number of nitrogens with zero attached hydrogens (tertiary/aromatic N) is 3. The molecule has 0 aromatic heterocycles. The Morgan fingerprint density at radius 1 is 0.852 bits per heavy atom. The lowest BCUT2D eigenvalue weighted by Gasteiger charge is -2.50. The van der Waals surface area contributed by atoms with E-state index in [9.17, 15) is 4.79 Å². The second kappa shape index (κ2) is 6.91. The first kappa shape index (κ1) is 16.7. The molecule has 4 nitrogen and oxygen atoms in total. The van der Waals surface area contributed by atoms with Gasteiger partial charge in [0, 0.05) is 44.1 Å². The van der Waals surface area contributed by atoms with Crippen LogP contribution in [-0.4, -0.2) is 49.6 Å². The van der Waals surface area contributed by atoms with Crippen molar-refractivity contribution in [1.29, 1.82) is 0 Å². The summed E-state index contributed by atoms with van der Waals surface area (Å²) in [6.07, 6.45) is 3.18. The van der Waals surface area contributed by atoms with E-state index in [1.165, 1.54) is 16.9 Å². The van der Waals surface area contributed by atoms with Gasteiger partial charge in [0.15, 0.2) is 0 Å². The topological polar surface area (TPSA) is 26.8 Å². The van der Waals surface area contributed by atoms with Gasteiger partial charge in [0.1, 0.15) is 0 Å². The highest BCUT2D eigenvalue weighted by Gasteiger charge is 2.43. The summed E-state index contributed by atoms with van der Waals surface area (Å²) >= 11 is 0. The minimum atomic E-state index is 0.0597. The highest BCUT2D eigenvalue weighted by atomic mass is 16.2. The van der Waals surface area contributed by atoms with E-state index in [2.05, 4.69) is 69.3 Å². The predicted octanol–water partition coefficient (Wildman–Crippen LogP) is 3.18. The number of rotatable bonds is 2. The van der Waals surface area contributed by atoms with Crippen molar-refractivity contribution >= 4 is 17.3 Å².